The molecule has 1 aromatic heterocycles. The Labute approximate surface area is 162 Å². The molecule has 0 spiro atoms. The van der Waals surface area contributed by atoms with Gasteiger partial charge < -0.3 is 19.7 Å². The second kappa shape index (κ2) is 11.4. The third-order valence-corrected chi connectivity index (χ3v) is 4.58. The number of guanidine groups is 1. The first kappa shape index (κ1) is 21.0. The first-order chi connectivity index (χ1) is 13.2. The van der Waals surface area contributed by atoms with Gasteiger partial charge in [0.2, 0.25) is 5.88 Å². The average molecular weight is 377 g/mol. The van der Waals surface area contributed by atoms with E-state index in [0.29, 0.717) is 32.2 Å². The first-order valence-corrected chi connectivity index (χ1v) is 9.88. The van der Waals surface area contributed by atoms with Crippen LogP contribution in [-0.4, -0.2) is 55.2 Å². The van der Waals surface area contributed by atoms with Crippen molar-refractivity contribution in [2.75, 3.05) is 33.4 Å². The molecule has 1 fully saturated rings. The van der Waals surface area contributed by atoms with E-state index in [1.54, 1.807) is 13.2 Å². The van der Waals surface area contributed by atoms with Crippen molar-refractivity contribution < 1.29 is 14.3 Å². The highest BCUT2D eigenvalue weighted by atomic mass is 16.5. The Morgan fingerprint density at radius 3 is 3.04 bits per heavy atom. The van der Waals surface area contributed by atoms with Crippen LogP contribution in [0, 0.1) is 5.92 Å². The molecule has 1 N–H and O–H groups in total. The molecule has 27 heavy (non-hydrogen) atoms. The van der Waals surface area contributed by atoms with Gasteiger partial charge in [0.15, 0.2) is 5.96 Å². The summed E-state index contributed by atoms with van der Waals surface area (Å²) in [5, 5.41) is 3.38. The number of ether oxygens (including phenoxy) is 2. The molecule has 0 bridgehead atoms. The SMILES string of the molecule is CCCCOc1ncccc1CNC(=NC)N1CCCC(C(=O)OCC)C1. The Hall–Kier alpha value is -2.31. The van der Waals surface area contributed by atoms with Crippen LogP contribution in [0.5, 0.6) is 5.88 Å². The molecule has 0 saturated carbocycles. The number of piperidine rings is 1. The molecule has 0 radical (unpaired) electrons. The van der Waals surface area contributed by atoms with E-state index >= 15 is 0 Å². The minimum Gasteiger partial charge on any atom is -0.477 e. The number of nitrogens with one attached hydrogen (secondary N) is 1. The van der Waals surface area contributed by atoms with Gasteiger partial charge in [0, 0.05) is 38.4 Å². The predicted molar refractivity (Wildman–Crippen MR) is 106 cm³/mol. The summed E-state index contributed by atoms with van der Waals surface area (Å²) in [5.74, 6) is 1.24. The zero-order valence-electron chi connectivity index (χ0n) is 16.7. The molecule has 0 aliphatic carbocycles. The molecular formula is C20H32N4O3. The van der Waals surface area contributed by atoms with Crippen molar-refractivity contribution in [1.29, 1.82) is 0 Å². The first-order valence-electron chi connectivity index (χ1n) is 9.88. The highest BCUT2D eigenvalue weighted by Crippen LogP contribution is 2.19. The fourth-order valence-corrected chi connectivity index (χ4v) is 3.13. The van der Waals surface area contributed by atoms with Crippen molar-refractivity contribution in [3.63, 3.8) is 0 Å². The monoisotopic (exact) mass is 376 g/mol. The number of nitrogens with zero attached hydrogens (tertiary/aromatic N) is 3. The zero-order valence-corrected chi connectivity index (χ0v) is 16.7. The Kier molecular flexibility index (Phi) is 8.87. The van der Waals surface area contributed by atoms with Gasteiger partial charge in [-0.3, -0.25) is 9.79 Å². The number of aromatic nitrogens is 1. The van der Waals surface area contributed by atoms with E-state index in [4.69, 9.17) is 9.47 Å². The number of rotatable bonds is 8. The lowest BCUT2D eigenvalue weighted by Gasteiger charge is -2.34. The van der Waals surface area contributed by atoms with E-state index in [0.717, 1.165) is 43.8 Å². The normalized spacial score (nSPS) is 17.5. The van der Waals surface area contributed by atoms with E-state index in [1.165, 1.54) is 0 Å². The third kappa shape index (κ3) is 6.41. The number of carbonyl (C=O) groups is 1. The maximum atomic E-state index is 12.1. The Balaban J connectivity index is 1.95. The summed E-state index contributed by atoms with van der Waals surface area (Å²) < 4.78 is 11.0. The molecule has 1 saturated heterocycles. The minimum absolute atomic E-state index is 0.0939. The largest absolute Gasteiger partial charge is 0.477 e. The Morgan fingerprint density at radius 1 is 1.44 bits per heavy atom. The molecule has 1 aliphatic rings. The predicted octanol–water partition coefficient (Wildman–Crippen LogP) is 2.61. The molecular weight excluding hydrogens is 344 g/mol. The number of esters is 1. The second-order valence-corrected chi connectivity index (χ2v) is 6.61. The molecule has 7 heteroatoms. The number of aliphatic imine (C=N–C) groups is 1. The molecule has 0 amide bonds. The van der Waals surface area contributed by atoms with E-state index in [1.807, 2.05) is 19.1 Å². The van der Waals surface area contributed by atoms with Crippen LogP contribution < -0.4 is 10.1 Å². The van der Waals surface area contributed by atoms with Crippen molar-refractivity contribution in [2.45, 2.75) is 46.1 Å². The maximum absolute atomic E-state index is 12.1. The van der Waals surface area contributed by atoms with Gasteiger partial charge in [0.05, 0.1) is 19.1 Å². The molecule has 150 valence electrons. The van der Waals surface area contributed by atoms with Gasteiger partial charge in [0.25, 0.3) is 0 Å². The van der Waals surface area contributed by atoms with Gasteiger partial charge in [-0.05, 0) is 32.3 Å². The van der Waals surface area contributed by atoms with Crippen LogP contribution >= 0.6 is 0 Å². The van der Waals surface area contributed by atoms with Crippen molar-refractivity contribution in [2.24, 2.45) is 10.9 Å². The van der Waals surface area contributed by atoms with Crippen LogP contribution in [0.25, 0.3) is 0 Å². The average Bonchev–Trinajstić information content (AvgIpc) is 2.70. The third-order valence-electron chi connectivity index (χ3n) is 4.58. The highest BCUT2D eigenvalue weighted by Gasteiger charge is 2.28. The summed E-state index contributed by atoms with van der Waals surface area (Å²) in [6, 6.07) is 3.91. The van der Waals surface area contributed by atoms with Crippen LogP contribution in [0.4, 0.5) is 0 Å². The molecule has 2 heterocycles. The molecule has 0 aromatic carbocycles. The summed E-state index contributed by atoms with van der Waals surface area (Å²) in [4.78, 5) is 22.9. The lowest BCUT2D eigenvalue weighted by atomic mass is 9.98. The van der Waals surface area contributed by atoms with Gasteiger partial charge in [0.1, 0.15) is 0 Å². The van der Waals surface area contributed by atoms with E-state index in [-0.39, 0.29) is 11.9 Å². The smallest absolute Gasteiger partial charge is 0.310 e. The van der Waals surface area contributed by atoms with Gasteiger partial charge in [-0.15, -0.1) is 0 Å². The Morgan fingerprint density at radius 2 is 2.30 bits per heavy atom. The minimum atomic E-state index is -0.114. The van der Waals surface area contributed by atoms with Crippen LogP contribution in [0.1, 0.15) is 45.1 Å². The highest BCUT2D eigenvalue weighted by molar-refractivity contribution is 5.81. The molecule has 1 unspecified atom stereocenters. The van der Waals surface area contributed by atoms with Crippen LogP contribution in [0.2, 0.25) is 0 Å². The van der Waals surface area contributed by atoms with Crippen LogP contribution in [0.15, 0.2) is 23.3 Å². The maximum Gasteiger partial charge on any atom is 0.310 e. The van der Waals surface area contributed by atoms with Crippen molar-refractivity contribution in [1.82, 2.24) is 15.2 Å². The summed E-state index contributed by atoms with van der Waals surface area (Å²) in [6.45, 7) is 7.15. The molecule has 1 atom stereocenters. The standard InChI is InChI=1S/C20H32N4O3/c1-4-6-13-27-18-16(9-7-11-22-18)14-23-20(21-3)24-12-8-10-17(15-24)19(25)26-5-2/h7,9,11,17H,4-6,8,10,12-15H2,1-3H3,(H,21,23). The number of unbranched alkanes of at least 4 members (excludes halogenated alkanes) is 1. The molecule has 1 aliphatic heterocycles. The number of hydrogen-bond acceptors (Lipinski definition) is 5. The van der Waals surface area contributed by atoms with Gasteiger partial charge in [-0.1, -0.05) is 19.4 Å². The number of likely N-dealkylation sites (tertiary alicyclic amines) is 1. The molecule has 7 nitrogen and oxygen atoms in total. The van der Waals surface area contributed by atoms with E-state index in [9.17, 15) is 4.79 Å². The summed E-state index contributed by atoms with van der Waals surface area (Å²) in [5.41, 5.74) is 0.994. The fraction of sp³-hybridized carbons (Fsp3) is 0.650. The van der Waals surface area contributed by atoms with Crippen molar-refractivity contribution >= 4 is 11.9 Å². The Bertz CT molecular complexity index is 621. The van der Waals surface area contributed by atoms with Gasteiger partial charge >= 0.3 is 5.97 Å². The van der Waals surface area contributed by atoms with Crippen molar-refractivity contribution in [3.05, 3.63) is 23.9 Å². The molecule has 1 aromatic rings. The second-order valence-electron chi connectivity index (χ2n) is 6.61. The number of pyridine rings is 1. The van der Waals surface area contributed by atoms with Gasteiger partial charge in [-0.2, -0.15) is 0 Å². The van der Waals surface area contributed by atoms with Gasteiger partial charge in [-0.25, -0.2) is 4.98 Å². The quantitative estimate of drug-likeness (QED) is 0.325. The van der Waals surface area contributed by atoms with E-state index < -0.39 is 0 Å². The topological polar surface area (TPSA) is 76.0 Å². The van der Waals surface area contributed by atoms with E-state index in [2.05, 4.69) is 27.1 Å². The number of carbonyl (C=O) groups excluding carboxylic acids is 1. The lowest BCUT2D eigenvalue weighted by molar-refractivity contribution is -0.149. The van der Waals surface area contributed by atoms with Crippen molar-refractivity contribution in [3.8, 4) is 5.88 Å². The lowest BCUT2D eigenvalue weighted by Crippen LogP contribution is -2.48. The van der Waals surface area contributed by atoms with Crippen LogP contribution in [0.3, 0.4) is 0 Å². The fourth-order valence-electron chi connectivity index (χ4n) is 3.13. The zero-order chi connectivity index (χ0) is 19.5. The summed E-state index contributed by atoms with van der Waals surface area (Å²) in [6.07, 6.45) is 5.65. The summed E-state index contributed by atoms with van der Waals surface area (Å²) in [7, 11) is 1.76. The number of hydrogen-bond donors (Lipinski definition) is 1. The van der Waals surface area contributed by atoms with Crippen LogP contribution in [-0.2, 0) is 16.1 Å². The molecule has 2 rings (SSSR count). The summed E-state index contributed by atoms with van der Waals surface area (Å²) >= 11 is 0.